The number of hydrogen-bond donors (Lipinski definition) is 2. The van der Waals surface area contributed by atoms with Gasteiger partial charge >= 0.3 is 12.1 Å². The highest BCUT2D eigenvalue weighted by atomic mass is 19.4. The summed E-state index contributed by atoms with van der Waals surface area (Å²) < 4.78 is 71.7. The van der Waals surface area contributed by atoms with Crippen LogP contribution in [0.1, 0.15) is 58.6 Å². The van der Waals surface area contributed by atoms with Gasteiger partial charge in [0.1, 0.15) is 17.7 Å². The fraction of sp³-hybridized carbons (Fsp3) is 0.462. The normalized spacial score (nSPS) is 21.5. The van der Waals surface area contributed by atoms with E-state index in [0.29, 0.717) is 25.5 Å². The number of piperidine rings is 1. The maximum atomic E-state index is 13.7. The summed E-state index contributed by atoms with van der Waals surface area (Å²) >= 11 is 0. The van der Waals surface area contributed by atoms with Crippen LogP contribution in [0.25, 0.3) is 0 Å². The molecule has 37 heavy (non-hydrogen) atoms. The van der Waals surface area contributed by atoms with Crippen LogP contribution in [0.2, 0.25) is 0 Å². The molecule has 0 spiro atoms. The summed E-state index contributed by atoms with van der Waals surface area (Å²) in [7, 11) is 0. The zero-order valence-corrected chi connectivity index (χ0v) is 19.9. The van der Waals surface area contributed by atoms with Crippen LogP contribution in [0.4, 0.5) is 22.0 Å². The van der Waals surface area contributed by atoms with Crippen LogP contribution in [0.5, 0.6) is 0 Å². The lowest BCUT2D eigenvalue weighted by molar-refractivity contribution is -0.139. The van der Waals surface area contributed by atoms with Gasteiger partial charge in [0, 0.05) is 12.6 Å². The van der Waals surface area contributed by atoms with E-state index in [1.807, 2.05) is 0 Å². The summed E-state index contributed by atoms with van der Waals surface area (Å²) in [5, 5.41) is 11.7. The fourth-order valence-electron chi connectivity index (χ4n) is 5.01. The second kappa shape index (κ2) is 11.1. The number of carboxylic acid groups (broad SMARTS) is 1. The van der Waals surface area contributed by atoms with Crippen molar-refractivity contribution in [3.63, 3.8) is 0 Å². The highest BCUT2D eigenvalue weighted by molar-refractivity contribution is 5.88. The van der Waals surface area contributed by atoms with Gasteiger partial charge in [-0.25, -0.2) is 13.6 Å². The standard InChI is InChI=1S/C26H27F5N2O4/c27-19-10-15(9-18(12-19)26(29,30)31)13-32-24(34)23-4-2-20(14-37-23)33-7-5-16(6-8-33)17-1-3-22(28)21(11-17)25(35)36/h1,3,9-12,16,20,23H,2,4-8,13-14H2,(H,32,34)(H,35,36)/t20?,23-/m1/s1. The van der Waals surface area contributed by atoms with Crippen molar-refractivity contribution in [2.24, 2.45) is 0 Å². The summed E-state index contributed by atoms with van der Waals surface area (Å²) in [6, 6.07) is 6.48. The molecule has 2 saturated heterocycles. The average Bonchev–Trinajstić information content (AvgIpc) is 2.87. The van der Waals surface area contributed by atoms with Crippen molar-refractivity contribution < 1.29 is 41.4 Å². The molecule has 0 aliphatic carbocycles. The molecular formula is C26H27F5N2O4. The zero-order chi connectivity index (χ0) is 26.7. The van der Waals surface area contributed by atoms with E-state index in [0.717, 1.165) is 43.6 Å². The Bertz CT molecular complexity index is 1140. The molecule has 0 saturated carbocycles. The molecule has 2 aromatic carbocycles. The van der Waals surface area contributed by atoms with Crippen molar-refractivity contribution in [1.82, 2.24) is 10.2 Å². The van der Waals surface area contributed by atoms with E-state index in [1.165, 1.54) is 12.1 Å². The molecule has 2 atom stereocenters. The zero-order valence-electron chi connectivity index (χ0n) is 19.9. The number of ether oxygens (including phenoxy) is 1. The Morgan fingerprint density at radius 1 is 1.03 bits per heavy atom. The summed E-state index contributed by atoms with van der Waals surface area (Å²) in [5.74, 6) is -3.41. The molecule has 2 aliphatic heterocycles. The van der Waals surface area contributed by atoms with Crippen LogP contribution in [-0.2, 0) is 22.3 Å². The van der Waals surface area contributed by atoms with Gasteiger partial charge in [-0.3, -0.25) is 9.69 Å². The maximum absolute atomic E-state index is 13.7. The Hall–Kier alpha value is -3.05. The molecule has 200 valence electrons. The van der Waals surface area contributed by atoms with Gasteiger partial charge in [0.25, 0.3) is 0 Å². The van der Waals surface area contributed by atoms with Gasteiger partial charge in [-0.1, -0.05) is 6.07 Å². The number of carboxylic acids is 1. The largest absolute Gasteiger partial charge is 0.478 e. The molecule has 4 rings (SSSR count). The third kappa shape index (κ3) is 6.64. The van der Waals surface area contributed by atoms with Crippen LogP contribution in [-0.4, -0.2) is 53.7 Å². The highest BCUT2D eigenvalue weighted by Crippen LogP contribution is 2.32. The molecule has 0 radical (unpaired) electrons. The highest BCUT2D eigenvalue weighted by Gasteiger charge is 2.33. The molecule has 0 bridgehead atoms. The van der Waals surface area contributed by atoms with Crippen LogP contribution >= 0.6 is 0 Å². The Kier molecular flexibility index (Phi) is 8.13. The monoisotopic (exact) mass is 526 g/mol. The van der Waals surface area contributed by atoms with Gasteiger partial charge in [0.2, 0.25) is 5.91 Å². The summed E-state index contributed by atoms with van der Waals surface area (Å²) in [6.45, 7) is 1.57. The molecule has 1 unspecified atom stereocenters. The second-order valence-electron chi connectivity index (χ2n) is 9.47. The SMILES string of the molecule is O=C(O)c1cc(C2CCN(C3CC[C@H](C(=O)NCc4cc(F)cc(C(F)(F)F)c4)OC3)CC2)ccc1F. The molecule has 2 N–H and O–H groups in total. The molecular weight excluding hydrogens is 499 g/mol. The van der Waals surface area contributed by atoms with E-state index in [-0.39, 0.29) is 29.6 Å². The third-order valence-corrected chi connectivity index (χ3v) is 7.03. The van der Waals surface area contributed by atoms with Gasteiger partial charge in [0.05, 0.1) is 17.7 Å². The number of carbonyl (C=O) groups is 2. The minimum absolute atomic E-state index is 0.00821. The van der Waals surface area contributed by atoms with E-state index >= 15 is 0 Å². The van der Waals surface area contributed by atoms with Crippen LogP contribution in [0.3, 0.4) is 0 Å². The number of nitrogens with zero attached hydrogens (tertiary/aromatic N) is 1. The first-order valence-electron chi connectivity index (χ1n) is 12.0. The molecule has 2 aliphatic rings. The number of nitrogens with one attached hydrogen (secondary N) is 1. The van der Waals surface area contributed by atoms with Crippen molar-refractivity contribution in [3.05, 3.63) is 70.3 Å². The number of benzene rings is 2. The number of rotatable bonds is 6. The lowest BCUT2D eigenvalue weighted by Crippen LogP contribution is -2.49. The molecule has 11 heteroatoms. The van der Waals surface area contributed by atoms with Gasteiger partial charge in [0.15, 0.2) is 0 Å². The first-order valence-corrected chi connectivity index (χ1v) is 12.0. The predicted molar refractivity (Wildman–Crippen MR) is 123 cm³/mol. The lowest BCUT2D eigenvalue weighted by atomic mass is 9.87. The first-order chi connectivity index (χ1) is 17.5. The summed E-state index contributed by atoms with van der Waals surface area (Å²) in [4.78, 5) is 26.0. The number of halogens is 5. The van der Waals surface area contributed by atoms with Crippen molar-refractivity contribution in [3.8, 4) is 0 Å². The number of amides is 1. The number of aromatic carboxylic acids is 1. The van der Waals surface area contributed by atoms with Gasteiger partial charge in [-0.05, 0) is 86.1 Å². The van der Waals surface area contributed by atoms with Gasteiger partial charge in [-0.2, -0.15) is 13.2 Å². The number of likely N-dealkylation sites (tertiary alicyclic amines) is 1. The van der Waals surface area contributed by atoms with E-state index in [2.05, 4.69) is 10.2 Å². The van der Waals surface area contributed by atoms with E-state index in [1.54, 1.807) is 6.07 Å². The van der Waals surface area contributed by atoms with Crippen molar-refractivity contribution in [2.45, 2.75) is 56.5 Å². The minimum Gasteiger partial charge on any atom is -0.478 e. The van der Waals surface area contributed by atoms with Crippen molar-refractivity contribution in [1.29, 1.82) is 0 Å². The maximum Gasteiger partial charge on any atom is 0.416 e. The van der Waals surface area contributed by atoms with Crippen LogP contribution in [0, 0.1) is 11.6 Å². The van der Waals surface area contributed by atoms with Gasteiger partial charge in [-0.15, -0.1) is 0 Å². The van der Waals surface area contributed by atoms with Crippen LogP contribution in [0.15, 0.2) is 36.4 Å². The van der Waals surface area contributed by atoms with Crippen LogP contribution < -0.4 is 5.32 Å². The number of carbonyl (C=O) groups excluding carboxylic acids is 1. The summed E-state index contributed by atoms with van der Waals surface area (Å²) in [6.07, 6.45) is -2.74. The van der Waals surface area contributed by atoms with Crippen molar-refractivity contribution >= 4 is 11.9 Å². The Morgan fingerprint density at radius 3 is 2.38 bits per heavy atom. The third-order valence-electron chi connectivity index (χ3n) is 7.03. The Balaban J connectivity index is 1.24. The molecule has 2 aromatic rings. The Labute approximate surface area is 210 Å². The lowest BCUT2D eigenvalue weighted by Gasteiger charge is -2.40. The van der Waals surface area contributed by atoms with E-state index < -0.39 is 41.4 Å². The smallest absolute Gasteiger partial charge is 0.416 e. The van der Waals surface area contributed by atoms with E-state index in [4.69, 9.17) is 9.84 Å². The molecule has 1 amide bonds. The van der Waals surface area contributed by atoms with Gasteiger partial charge < -0.3 is 15.2 Å². The quantitative estimate of drug-likeness (QED) is 0.533. The molecule has 2 fully saturated rings. The Morgan fingerprint density at radius 2 is 1.76 bits per heavy atom. The topological polar surface area (TPSA) is 78.9 Å². The minimum atomic E-state index is -4.68. The molecule has 0 aromatic heterocycles. The fourth-order valence-corrected chi connectivity index (χ4v) is 5.01. The van der Waals surface area contributed by atoms with E-state index in [9.17, 15) is 31.5 Å². The molecule has 6 nitrogen and oxygen atoms in total. The molecule has 2 heterocycles. The van der Waals surface area contributed by atoms with Crippen molar-refractivity contribution in [2.75, 3.05) is 19.7 Å². The number of alkyl halides is 3. The predicted octanol–water partition coefficient (Wildman–Crippen LogP) is 4.73. The first kappa shape index (κ1) is 27.0. The average molecular weight is 527 g/mol. The number of hydrogen-bond acceptors (Lipinski definition) is 4. The second-order valence-corrected chi connectivity index (χ2v) is 9.47. The summed E-state index contributed by atoms with van der Waals surface area (Å²) in [5.41, 5.74) is -0.633.